The average molecular weight is 128 g/mol. The van der Waals surface area contributed by atoms with Crippen molar-refractivity contribution in [2.24, 2.45) is 0 Å². The van der Waals surface area contributed by atoms with E-state index in [0.29, 0.717) is 0 Å². The van der Waals surface area contributed by atoms with Crippen molar-refractivity contribution in [2.75, 3.05) is 0 Å². The molecule has 5 heteroatoms. The molecule has 0 aliphatic heterocycles. The van der Waals surface area contributed by atoms with Gasteiger partial charge in [-0.05, 0) is 0 Å². The first-order chi connectivity index (χ1) is 2.64. The third-order valence-corrected chi connectivity index (χ3v) is 0.183. The number of hydrogen-bond donors (Lipinski definition) is 2. The molecule has 42 valence electrons. The molecule has 0 aromatic heterocycles. The molecule has 4 nitrogen and oxygen atoms in total. The van der Waals surface area contributed by atoms with Gasteiger partial charge >= 0.3 is 41.5 Å². The standard InChI is InChI=1S/C2H2O4.CH3.Na/c3-1(4)2(5)6;;/h(H,3,4)(H,5,6);1H3;/q;-1;+1. The van der Waals surface area contributed by atoms with Crippen molar-refractivity contribution in [3.05, 3.63) is 7.43 Å². The summed E-state index contributed by atoms with van der Waals surface area (Å²) in [6, 6.07) is 0. The minimum absolute atomic E-state index is 0. The molecule has 0 unspecified atom stereocenters. The van der Waals surface area contributed by atoms with Gasteiger partial charge in [0.25, 0.3) is 0 Å². The van der Waals surface area contributed by atoms with Crippen LogP contribution in [0.15, 0.2) is 0 Å². The monoisotopic (exact) mass is 128 g/mol. The molecule has 0 aromatic rings. The van der Waals surface area contributed by atoms with Crippen LogP contribution in [-0.4, -0.2) is 22.2 Å². The molecule has 0 aliphatic carbocycles. The summed E-state index contributed by atoms with van der Waals surface area (Å²) in [7, 11) is 0. The van der Waals surface area contributed by atoms with E-state index in [1.165, 1.54) is 0 Å². The minimum Gasteiger partial charge on any atom is -0.473 e. The van der Waals surface area contributed by atoms with Crippen molar-refractivity contribution in [1.82, 2.24) is 0 Å². The molecule has 0 rings (SSSR count). The molecule has 0 bridgehead atoms. The van der Waals surface area contributed by atoms with Gasteiger partial charge in [0.15, 0.2) is 0 Å². The molecule has 0 atom stereocenters. The van der Waals surface area contributed by atoms with Crippen LogP contribution in [-0.2, 0) is 9.59 Å². The second kappa shape index (κ2) is 6.94. The van der Waals surface area contributed by atoms with Gasteiger partial charge in [-0.2, -0.15) is 0 Å². The van der Waals surface area contributed by atoms with Crippen LogP contribution in [0.3, 0.4) is 0 Å². The molecular weight excluding hydrogens is 123 g/mol. The van der Waals surface area contributed by atoms with Crippen LogP contribution >= 0.6 is 0 Å². The van der Waals surface area contributed by atoms with Crippen LogP contribution in [0.2, 0.25) is 0 Å². The molecule has 0 amide bonds. The Hall–Kier alpha value is -0.0600. The largest absolute Gasteiger partial charge is 1.00 e. The maximum atomic E-state index is 9.10. The van der Waals surface area contributed by atoms with Crippen molar-refractivity contribution in [3.63, 3.8) is 0 Å². The van der Waals surface area contributed by atoms with Gasteiger partial charge in [0.05, 0.1) is 0 Å². The Bertz CT molecular complexity index is 77.3. The zero-order chi connectivity index (χ0) is 5.15. The fourth-order valence-electron chi connectivity index (χ4n) is 0. The molecule has 8 heavy (non-hydrogen) atoms. The van der Waals surface area contributed by atoms with E-state index < -0.39 is 11.9 Å². The van der Waals surface area contributed by atoms with Crippen molar-refractivity contribution >= 4 is 11.9 Å². The Balaban J connectivity index is -0.000000125. The van der Waals surface area contributed by atoms with Gasteiger partial charge in [-0.3, -0.25) is 0 Å². The predicted molar refractivity (Wildman–Crippen MR) is 21.7 cm³/mol. The molecule has 2 N–H and O–H groups in total. The summed E-state index contributed by atoms with van der Waals surface area (Å²) < 4.78 is 0. The van der Waals surface area contributed by atoms with Crippen LogP contribution < -0.4 is 29.6 Å². The van der Waals surface area contributed by atoms with E-state index >= 15 is 0 Å². The Morgan fingerprint density at radius 2 is 1.12 bits per heavy atom. The van der Waals surface area contributed by atoms with Crippen molar-refractivity contribution in [1.29, 1.82) is 0 Å². The van der Waals surface area contributed by atoms with E-state index in [1.54, 1.807) is 0 Å². The number of carbonyl (C=O) groups is 2. The summed E-state index contributed by atoms with van der Waals surface area (Å²) in [6.45, 7) is 0. The van der Waals surface area contributed by atoms with Gasteiger partial charge in [-0.1, -0.05) is 0 Å². The van der Waals surface area contributed by atoms with Gasteiger partial charge in [-0.25, -0.2) is 9.59 Å². The van der Waals surface area contributed by atoms with Crippen molar-refractivity contribution in [2.45, 2.75) is 0 Å². The summed E-state index contributed by atoms with van der Waals surface area (Å²) in [5.74, 6) is -3.65. The van der Waals surface area contributed by atoms with Crippen molar-refractivity contribution < 1.29 is 49.4 Å². The molecule has 0 aromatic carbocycles. The summed E-state index contributed by atoms with van der Waals surface area (Å²) >= 11 is 0. The van der Waals surface area contributed by atoms with Gasteiger partial charge in [-0.15, -0.1) is 0 Å². The number of rotatable bonds is 0. The van der Waals surface area contributed by atoms with Crippen LogP contribution in [0, 0.1) is 7.43 Å². The molecule has 0 radical (unpaired) electrons. The number of hydrogen-bond acceptors (Lipinski definition) is 2. The molecular formula is C3H5NaO4. The normalized spacial score (nSPS) is 5.50. The topological polar surface area (TPSA) is 74.6 Å². The maximum absolute atomic E-state index is 9.10. The Labute approximate surface area is 68.8 Å². The fraction of sp³-hybridized carbons (Fsp3) is 0. The Morgan fingerprint density at radius 1 is 1.00 bits per heavy atom. The molecule has 0 fully saturated rings. The van der Waals surface area contributed by atoms with Gasteiger partial charge in [0.2, 0.25) is 0 Å². The molecule has 0 saturated heterocycles. The van der Waals surface area contributed by atoms with Crippen LogP contribution in [0.5, 0.6) is 0 Å². The average Bonchev–Trinajstić information content (AvgIpc) is 1.36. The predicted octanol–water partition coefficient (Wildman–Crippen LogP) is -3.39. The zero-order valence-corrected chi connectivity index (χ0v) is 6.71. The van der Waals surface area contributed by atoms with E-state index in [0.717, 1.165) is 0 Å². The number of aliphatic carboxylic acids is 2. The summed E-state index contributed by atoms with van der Waals surface area (Å²) in [5.41, 5.74) is 0. The third-order valence-electron chi connectivity index (χ3n) is 0.183. The van der Waals surface area contributed by atoms with Crippen molar-refractivity contribution in [3.8, 4) is 0 Å². The first kappa shape index (κ1) is 15.7. The van der Waals surface area contributed by atoms with E-state index in [2.05, 4.69) is 0 Å². The Kier molecular flexibility index (Phi) is 13.6. The van der Waals surface area contributed by atoms with Gasteiger partial charge < -0.3 is 17.6 Å². The smallest absolute Gasteiger partial charge is 0.473 e. The number of carboxylic acids is 2. The minimum atomic E-state index is -1.82. The zero-order valence-electron chi connectivity index (χ0n) is 4.71. The summed E-state index contributed by atoms with van der Waals surface area (Å²) in [5, 5.41) is 14.8. The second-order valence-corrected chi connectivity index (χ2v) is 0.610. The summed E-state index contributed by atoms with van der Waals surface area (Å²) in [6.07, 6.45) is 0. The van der Waals surface area contributed by atoms with E-state index in [1.807, 2.05) is 0 Å². The quantitative estimate of drug-likeness (QED) is 0.203. The van der Waals surface area contributed by atoms with Crippen LogP contribution in [0.25, 0.3) is 0 Å². The van der Waals surface area contributed by atoms with E-state index in [9.17, 15) is 0 Å². The molecule has 0 aliphatic rings. The molecule has 0 heterocycles. The maximum Gasteiger partial charge on any atom is 1.00 e. The first-order valence-electron chi connectivity index (χ1n) is 1.11. The third kappa shape index (κ3) is 9.34. The molecule has 0 spiro atoms. The van der Waals surface area contributed by atoms with Gasteiger partial charge in [0.1, 0.15) is 0 Å². The SMILES string of the molecule is O=C(O)C(=O)O.[CH3-].[Na+]. The van der Waals surface area contributed by atoms with E-state index in [-0.39, 0.29) is 37.0 Å². The van der Waals surface area contributed by atoms with E-state index in [4.69, 9.17) is 19.8 Å². The second-order valence-electron chi connectivity index (χ2n) is 0.610. The first-order valence-corrected chi connectivity index (χ1v) is 1.11. The van der Waals surface area contributed by atoms with Crippen LogP contribution in [0.4, 0.5) is 0 Å². The Morgan fingerprint density at radius 3 is 1.12 bits per heavy atom. The van der Waals surface area contributed by atoms with Crippen LogP contribution in [0.1, 0.15) is 0 Å². The number of carboxylic acid groups (broad SMARTS) is 2. The van der Waals surface area contributed by atoms with Gasteiger partial charge in [0, 0.05) is 0 Å². The summed E-state index contributed by atoms with van der Waals surface area (Å²) in [4.78, 5) is 18.2. The fourth-order valence-corrected chi connectivity index (χ4v) is 0. The molecule has 0 saturated carbocycles.